The monoisotopic (exact) mass is 119 g/mol. The largest absolute Gasteiger partial charge is 0.309 e. The predicted molar refractivity (Wildman–Crippen MR) is 24.0 cm³/mol. The summed E-state index contributed by atoms with van der Waals surface area (Å²) in [6.07, 6.45) is 0.0556. The lowest BCUT2D eigenvalue weighted by Gasteiger charge is -1.98. The molecule has 0 rings (SSSR count). The minimum absolute atomic E-state index is 0.0556. The fraction of sp³-hybridized carbons (Fsp3) is 0.500. The molecule has 0 saturated carbocycles. The number of hydrogen-bond acceptors (Lipinski definition) is 4. The van der Waals surface area contributed by atoms with Crippen LogP contribution in [0.1, 0.15) is 0 Å². The number of nitro groups is 1. The van der Waals surface area contributed by atoms with Crippen molar-refractivity contribution in [1.82, 2.24) is 5.01 Å². The molecule has 0 fully saturated rings. The molecule has 0 radical (unpaired) electrons. The molecule has 0 heterocycles. The second-order valence-electron chi connectivity index (χ2n) is 0.965. The van der Waals surface area contributed by atoms with Crippen LogP contribution < -0.4 is 5.73 Å². The Labute approximate surface area is 45.0 Å². The number of hydrogen-bond donors (Lipinski definition) is 1. The molecule has 6 nitrogen and oxygen atoms in total. The number of rotatable bonds is 3. The van der Waals surface area contributed by atoms with Crippen LogP contribution in [-0.2, 0) is 4.79 Å². The summed E-state index contributed by atoms with van der Waals surface area (Å²) in [4.78, 5) is 19.2. The molecule has 0 unspecified atom stereocenters. The fourth-order valence-electron chi connectivity index (χ4n) is 0.148. The Kier molecular flexibility index (Phi) is 2.49. The molecule has 0 aliphatic rings. The van der Waals surface area contributed by atoms with Crippen molar-refractivity contribution in [2.45, 2.75) is 0 Å². The van der Waals surface area contributed by atoms with Crippen molar-refractivity contribution in [2.24, 2.45) is 5.73 Å². The van der Waals surface area contributed by atoms with E-state index in [-0.39, 0.29) is 11.4 Å². The first kappa shape index (κ1) is 6.83. The number of amides is 1. The average Bonchev–Trinajstić information content (AvgIpc) is 1.69. The van der Waals surface area contributed by atoms with Crippen molar-refractivity contribution in [3.8, 4) is 0 Å². The molecule has 8 heavy (non-hydrogen) atoms. The van der Waals surface area contributed by atoms with Crippen LogP contribution in [0.2, 0.25) is 0 Å². The predicted octanol–water partition coefficient (Wildman–Crippen LogP) is -1.45. The van der Waals surface area contributed by atoms with Crippen LogP contribution in [0.4, 0.5) is 0 Å². The summed E-state index contributed by atoms with van der Waals surface area (Å²) >= 11 is 0. The molecule has 0 saturated heterocycles. The van der Waals surface area contributed by atoms with Crippen LogP contribution in [0, 0.1) is 10.1 Å². The molecule has 6 heteroatoms. The molecule has 0 aromatic carbocycles. The number of hydrazine groups is 1. The van der Waals surface area contributed by atoms with Crippen molar-refractivity contribution < 1.29 is 9.83 Å². The first-order valence-corrected chi connectivity index (χ1v) is 1.78. The van der Waals surface area contributed by atoms with Crippen molar-refractivity contribution in [3.63, 3.8) is 0 Å². The second-order valence-corrected chi connectivity index (χ2v) is 0.965. The van der Waals surface area contributed by atoms with Crippen LogP contribution in [0.5, 0.6) is 0 Å². The van der Waals surface area contributed by atoms with Gasteiger partial charge in [-0.05, 0) is 5.01 Å². The standard InChI is InChI=1S/C2H5N3O3/c3-1-4(2-6)5(7)8/h2H,1,3H2. The number of carbonyl (C=O) groups is 1. The zero-order valence-electron chi connectivity index (χ0n) is 3.98. The van der Waals surface area contributed by atoms with E-state index in [2.05, 4.69) is 0 Å². The van der Waals surface area contributed by atoms with Crippen molar-refractivity contribution in [3.05, 3.63) is 10.1 Å². The number of carbonyl (C=O) groups excluding carboxylic acids is 1. The van der Waals surface area contributed by atoms with Crippen LogP contribution >= 0.6 is 0 Å². The maximum absolute atomic E-state index is 9.58. The molecule has 0 atom stereocenters. The third-order valence-electron chi connectivity index (χ3n) is 0.518. The topological polar surface area (TPSA) is 89.5 Å². The highest BCUT2D eigenvalue weighted by Gasteiger charge is 2.06. The molecule has 0 spiro atoms. The molecule has 0 aliphatic carbocycles. The van der Waals surface area contributed by atoms with Crippen LogP contribution in [0.15, 0.2) is 0 Å². The van der Waals surface area contributed by atoms with E-state index in [1.807, 2.05) is 0 Å². The van der Waals surface area contributed by atoms with Crippen LogP contribution in [0.3, 0.4) is 0 Å². The second kappa shape index (κ2) is 2.92. The van der Waals surface area contributed by atoms with Gasteiger partial charge in [-0.2, -0.15) is 0 Å². The fourth-order valence-corrected chi connectivity index (χ4v) is 0.148. The van der Waals surface area contributed by atoms with E-state index in [1.165, 1.54) is 0 Å². The van der Waals surface area contributed by atoms with Gasteiger partial charge in [0.25, 0.3) is 6.41 Å². The average molecular weight is 119 g/mol. The first-order valence-electron chi connectivity index (χ1n) is 1.78. The Balaban J connectivity index is 3.69. The maximum Gasteiger partial charge on any atom is 0.273 e. The Morgan fingerprint density at radius 2 is 2.38 bits per heavy atom. The molecular formula is C2H5N3O3. The Morgan fingerprint density at radius 1 is 1.88 bits per heavy atom. The highest BCUT2D eigenvalue weighted by molar-refractivity contribution is 5.44. The molecule has 46 valence electrons. The Morgan fingerprint density at radius 3 is 2.38 bits per heavy atom. The summed E-state index contributed by atoms with van der Waals surface area (Å²) in [6, 6.07) is 0. The highest BCUT2D eigenvalue weighted by atomic mass is 16.7. The van der Waals surface area contributed by atoms with Gasteiger partial charge in [-0.1, -0.05) is 0 Å². The van der Waals surface area contributed by atoms with E-state index in [4.69, 9.17) is 5.73 Å². The lowest BCUT2D eigenvalue weighted by Crippen LogP contribution is -2.33. The lowest BCUT2D eigenvalue weighted by atomic mass is 11.0. The molecule has 1 amide bonds. The van der Waals surface area contributed by atoms with Crippen molar-refractivity contribution in [2.75, 3.05) is 6.67 Å². The summed E-state index contributed by atoms with van der Waals surface area (Å²) in [5.41, 5.74) is 4.74. The van der Waals surface area contributed by atoms with Gasteiger partial charge in [-0.25, -0.2) is 10.1 Å². The zero-order chi connectivity index (χ0) is 6.57. The summed E-state index contributed by atoms with van der Waals surface area (Å²) in [7, 11) is 0. The Bertz CT molecular complexity index is 103. The van der Waals surface area contributed by atoms with Gasteiger partial charge in [-0.15, -0.1) is 0 Å². The molecule has 0 aromatic heterocycles. The number of nitrogens with two attached hydrogens (primary N) is 1. The van der Waals surface area contributed by atoms with Crippen LogP contribution in [0.25, 0.3) is 0 Å². The van der Waals surface area contributed by atoms with Gasteiger partial charge in [0, 0.05) is 0 Å². The SMILES string of the molecule is NCN(C=O)[N+](=O)[O-]. The normalized spacial score (nSPS) is 8.12. The van der Waals surface area contributed by atoms with E-state index in [1.54, 1.807) is 0 Å². The highest BCUT2D eigenvalue weighted by Crippen LogP contribution is 1.74. The van der Waals surface area contributed by atoms with Gasteiger partial charge in [0.15, 0.2) is 5.03 Å². The van der Waals surface area contributed by atoms with Gasteiger partial charge in [-0.3, -0.25) is 4.79 Å². The molecule has 0 aliphatic heterocycles. The summed E-state index contributed by atoms with van der Waals surface area (Å²) < 4.78 is 0. The maximum atomic E-state index is 9.58. The molecule has 2 N–H and O–H groups in total. The Hall–Kier alpha value is -1.17. The van der Waals surface area contributed by atoms with Gasteiger partial charge in [0.05, 0.1) is 0 Å². The summed E-state index contributed by atoms with van der Waals surface area (Å²) in [5.74, 6) is 0. The quantitative estimate of drug-likeness (QED) is 0.213. The third-order valence-corrected chi connectivity index (χ3v) is 0.518. The van der Waals surface area contributed by atoms with E-state index in [0.717, 1.165) is 0 Å². The summed E-state index contributed by atoms with van der Waals surface area (Å²) in [6.45, 7) is -0.392. The van der Waals surface area contributed by atoms with Crippen LogP contribution in [-0.4, -0.2) is 23.1 Å². The van der Waals surface area contributed by atoms with Crippen molar-refractivity contribution >= 4 is 6.41 Å². The summed E-state index contributed by atoms with van der Waals surface area (Å²) in [5, 5.41) is 8.94. The van der Waals surface area contributed by atoms with Gasteiger partial charge in [0.2, 0.25) is 0 Å². The van der Waals surface area contributed by atoms with Crippen molar-refractivity contribution in [1.29, 1.82) is 0 Å². The first-order chi connectivity index (χ1) is 3.72. The van der Waals surface area contributed by atoms with Gasteiger partial charge < -0.3 is 5.73 Å². The van der Waals surface area contributed by atoms with E-state index in [9.17, 15) is 14.9 Å². The smallest absolute Gasteiger partial charge is 0.273 e. The molecule has 0 aromatic rings. The molecular weight excluding hydrogens is 114 g/mol. The number of nitrogens with zero attached hydrogens (tertiary/aromatic N) is 2. The zero-order valence-corrected chi connectivity index (χ0v) is 3.98. The van der Waals surface area contributed by atoms with E-state index < -0.39 is 11.7 Å². The van der Waals surface area contributed by atoms with Gasteiger partial charge in [0.1, 0.15) is 6.67 Å². The van der Waals surface area contributed by atoms with E-state index >= 15 is 0 Å². The lowest BCUT2D eigenvalue weighted by molar-refractivity contribution is -0.631. The minimum atomic E-state index is -0.882. The minimum Gasteiger partial charge on any atom is -0.309 e. The van der Waals surface area contributed by atoms with E-state index in [0.29, 0.717) is 0 Å². The third kappa shape index (κ3) is 1.52. The van der Waals surface area contributed by atoms with Gasteiger partial charge >= 0.3 is 0 Å². The molecule has 0 bridgehead atoms.